The Morgan fingerprint density at radius 3 is 1.42 bits per heavy atom. The summed E-state index contributed by atoms with van der Waals surface area (Å²) < 4.78 is 0. The van der Waals surface area contributed by atoms with Gasteiger partial charge in [0.25, 0.3) is 0 Å². The fraction of sp³-hybridized carbons (Fsp3) is 0.250. The molecule has 2 heteroatoms. The largest absolute Gasteiger partial charge is 0.392 e. The summed E-state index contributed by atoms with van der Waals surface area (Å²) in [7, 11) is 0. The van der Waals surface area contributed by atoms with Crippen molar-refractivity contribution in [1.82, 2.24) is 4.90 Å². The van der Waals surface area contributed by atoms with E-state index >= 15 is 0 Å². The second-order valence-electron chi connectivity index (χ2n) is 6.87. The van der Waals surface area contributed by atoms with Gasteiger partial charge in [-0.2, -0.15) is 0 Å². The zero-order chi connectivity index (χ0) is 18.2. The highest BCUT2D eigenvalue weighted by molar-refractivity contribution is 5.20. The summed E-state index contributed by atoms with van der Waals surface area (Å²) in [6.45, 7) is 3.53. The minimum atomic E-state index is -0.414. The van der Waals surface area contributed by atoms with Crippen molar-refractivity contribution in [3.63, 3.8) is 0 Å². The molecule has 0 heterocycles. The van der Waals surface area contributed by atoms with Crippen molar-refractivity contribution in [2.75, 3.05) is 0 Å². The fourth-order valence-electron chi connectivity index (χ4n) is 3.39. The van der Waals surface area contributed by atoms with Gasteiger partial charge in [0.05, 0.1) is 6.10 Å². The van der Waals surface area contributed by atoms with Crippen LogP contribution in [0.2, 0.25) is 0 Å². The first-order chi connectivity index (χ1) is 12.7. The standard InChI is InChI=1S/C24H27NO/c1-20(26)24(17-21-11-5-2-6-12-21)25(18-22-13-7-3-8-14-22)19-23-15-9-4-10-16-23/h2-16,20,24,26H,17-19H2,1H3/t20-,24-/m0/s1. The molecule has 0 fully saturated rings. The molecule has 26 heavy (non-hydrogen) atoms. The highest BCUT2D eigenvalue weighted by atomic mass is 16.3. The Morgan fingerprint density at radius 2 is 1.04 bits per heavy atom. The zero-order valence-electron chi connectivity index (χ0n) is 15.3. The smallest absolute Gasteiger partial charge is 0.0670 e. The lowest BCUT2D eigenvalue weighted by molar-refractivity contribution is 0.0506. The number of hydrogen-bond donors (Lipinski definition) is 1. The van der Waals surface area contributed by atoms with E-state index in [1.165, 1.54) is 16.7 Å². The summed E-state index contributed by atoms with van der Waals surface area (Å²) in [5, 5.41) is 10.6. The third kappa shape index (κ3) is 5.29. The zero-order valence-corrected chi connectivity index (χ0v) is 15.3. The third-order valence-corrected chi connectivity index (χ3v) is 4.77. The Hall–Kier alpha value is -2.42. The van der Waals surface area contributed by atoms with Gasteiger partial charge < -0.3 is 5.11 Å². The highest BCUT2D eigenvalue weighted by Gasteiger charge is 2.24. The van der Waals surface area contributed by atoms with Crippen molar-refractivity contribution >= 4 is 0 Å². The Morgan fingerprint density at radius 1 is 0.654 bits per heavy atom. The summed E-state index contributed by atoms with van der Waals surface area (Å²) in [5.74, 6) is 0. The van der Waals surface area contributed by atoms with E-state index in [-0.39, 0.29) is 6.04 Å². The van der Waals surface area contributed by atoms with Crippen molar-refractivity contribution in [2.24, 2.45) is 0 Å². The van der Waals surface area contributed by atoms with E-state index in [1.807, 2.05) is 25.1 Å². The Labute approximate surface area is 156 Å². The number of aliphatic hydroxyl groups is 1. The first-order valence-corrected chi connectivity index (χ1v) is 9.26. The summed E-state index contributed by atoms with van der Waals surface area (Å²) in [6, 6.07) is 31.5. The third-order valence-electron chi connectivity index (χ3n) is 4.77. The maximum atomic E-state index is 10.6. The average Bonchev–Trinajstić information content (AvgIpc) is 2.68. The molecule has 2 atom stereocenters. The van der Waals surface area contributed by atoms with Gasteiger partial charge in [0.1, 0.15) is 0 Å². The quantitative estimate of drug-likeness (QED) is 0.641. The lowest BCUT2D eigenvalue weighted by atomic mass is 9.99. The van der Waals surface area contributed by atoms with Crippen LogP contribution in [0, 0.1) is 0 Å². The molecule has 134 valence electrons. The minimum Gasteiger partial charge on any atom is -0.392 e. The van der Waals surface area contributed by atoms with Crippen LogP contribution in [0.25, 0.3) is 0 Å². The number of nitrogens with zero attached hydrogens (tertiary/aromatic N) is 1. The number of benzene rings is 3. The molecule has 3 aromatic carbocycles. The maximum absolute atomic E-state index is 10.6. The summed E-state index contributed by atoms with van der Waals surface area (Å²) in [4.78, 5) is 2.39. The van der Waals surface area contributed by atoms with Crippen LogP contribution in [0.1, 0.15) is 23.6 Å². The van der Waals surface area contributed by atoms with Crippen molar-refractivity contribution < 1.29 is 5.11 Å². The van der Waals surface area contributed by atoms with Gasteiger partial charge >= 0.3 is 0 Å². The molecule has 0 saturated heterocycles. The van der Waals surface area contributed by atoms with E-state index in [2.05, 4.69) is 77.7 Å². The predicted octanol–water partition coefficient (Wildman–Crippen LogP) is 4.68. The van der Waals surface area contributed by atoms with Gasteiger partial charge in [0, 0.05) is 19.1 Å². The van der Waals surface area contributed by atoms with E-state index in [4.69, 9.17) is 0 Å². The van der Waals surface area contributed by atoms with Crippen molar-refractivity contribution in [1.29, 1.82) is 0 Å². The molecule has 0 unspecified atom stereocenters. The van der Waals surface area contributed by atoms with Gasteiger partial charge in [-0.25, -0.2) is 0 Å². The minimum absolute atomic E-state index is 0.0535. The van der Waals surface area contributed by atoms with Gasteiger partial charge in [-0.1, -0.05) is 91.0 Å². The monoisotopic (exact) mass is 345 g/mol. The predicted molar refractivity (Wildman–Crippen MR) is 108 cm³/mol. The fourth-order valence-corrected chi connectivity index (χ4v) is 3.39. The Balaban J connectivity index is 1.85. The van der Waals surface area contributed by atoms with Gasteiger partial charge in [-0.15, -0.1) is 0 Å². The summed E-state index contributed by atoms with van der Waals surface area (Å²) in [5.41, 5.74) is 3.79. The SMILES string of the molecule is C[C@H](O)[C@H](Cc1ccccc1)N(Cc1ccccc1)Cc1ccccc1. The first kappa shape index (κ1) is 18.4. The van der Waals surface area contributed by atoms with Crippen LogP contribution in [0.4, 0.5) is 0 Å². The Kier molecular flexibility index (Phi) is 6.59. The molecule has 0 aliphatic rings. The van der Waals surface area contributed by atoms with Gasteiger partial charge in [0.2, 0.25) is 0 Å². The van der Waals surface area contributed by atoms with Crippen molar-refractivity contribution in [3.8, 4) is 0 Å². The number of aliphatic hydroxyl groups excluding tert-OH is 1. The molecule has 3 aromatic rings. The van der Waals surface area contributed by atoms with E-state index in [9.17, 15) is 5.11 Å². The molecule has 3 rings (SSSR count). The molecular weight excluding hydrogens is 318 g/mol. The van der Waals surface area contributed by atoms with Gasteiger partial charge in [0.15, 0.2) is 0 Å². The van der Waals surface area contributed by atoms with Crippen molar-refractivity contribution in [3.05, 3.63) is 108 Å². The van der Waals surface area contributed by atoms with Crippen LogP contribution in [0.3, 0.4) is 0 Å². The molecule has 0 aliphatic heterocycles. The Bertz CT molecular complexity index is 714. The molecule has 0 spiro atoms. The van der Waals surface area contributed by atoms with Crippen LogP contribution in [-0.2, 0) is 19.5 Å². The highest BCUT2D eigenvalue weighted by Crippen LogP contribution is 2.19. The van der Waals surface area contributed by atoms with Gasteiger partial charge in [-0.05, 0) is 30.0 Å². The molecule has 2 nitrogen and oxygen atoms in total. The summed E-state index contributed by atoms with van der Waals surface area (Å²) >= 11 is 0. The molecule has 0 bridgehead atoms. The first-order valence-electron chi connectivity index (χ1n) is 9.26. The molecular formula is C24H27NO. The lowest BCUT2D eigenvalue weighted by Crippen LogP contribution is -2.43. The van der Waals surface area contributed by atoms with Crippen LogP contribution in [0.5, 0.6) is 0 Å². The topological polar surface area (TPSA) is 23.5 Å². The molecule has 0 amide bonds. The van der Waals surface area contributed by atoms with E-state index in [0.717, 1.165) is 19.5 Å². The summed E-state index contributed by atoms with van der Waals surface area (Å²) in [6.07, 6.45) is 0.417. The van der Waals surface area contributed by atoms with Crippen LogP contribution in [0.15, 0.2) is 91.0 Å². The lowest BCUT2D eigenvalue weighted by Gasteiger charge is -2.34. The number of hydrogen-bond acceptors (Lipinski definition) is 2. The molecule has 0 aliphatic carbocycles. The molecule has 1 N–H and O–H groups in total. The van der Waals surface area contributed by atoms with Crippen LogP contribution >= 0.6 is 0 Å². The maximum Gasteiger partial charge on any atom is 0.0670 e. The average molecular weight is 345 g/mol. The molecule has 0 aromatic heterocycles. The molecule has 0 radical (unpaired) electrons. The molecule has 0 saturated carbocycles. The normalized spacial score (nSPS) is 13.5. The van der Waals surface area contributed by atoms with Crippen LogP contribution < -0.4 is 0 Å². The van der Waals surface area contributed by atoms with E-state index < -0.39 is 6.10 Å². The second-order valence-corrected chi connectivity index (χ2v) is 6.87. The van der Waals surface area contributed by atoms with Crippen molar-refractivity contribution in [2.45, 2.75) is 38.6 Å². The second kappa shape index (κ2) is 9.33. The van der Waals surface area contributed by atoms with Crippen LogP contribution in [-0.4, -0.2) is 22.2 Å². The van der Waals surface area contributed by atoms with E-state index in [1.54, 1.807) is 0 Å². The van der Waals surface area contributed by atoms with E-state index in [0.29, 0.717) is 0 Å². The number of rotatable bonds is 8. The van der Waals surface area contributed by atoms with Gasteiger partial charge in [-0.3, -0.25) is 4.90 Å².